The number of aromatic nitrogens is 1. The maximum absolute atomic E-state index is 13.0. The highest BCUT2D eigenvalue weighted by Crippen LogP contribution is 2.27. The molecule has 3 aromatic rings. The minimum atomic E-state index is -0.299. The average Bonchev–Trinajstić information content (AvgIpc) is 3.11. The van der Waals surface area contributed by atoms with Crippen LogP contribution in [0.15, 0.2) is 53.1 Å². The summed E-state index contributed by atoms with van der Waals surface area (Å²) < 4.78 is 18.7. The third-order valence-corrected chi connectivity index (χ3v) is 4.44. The number of benzene rings is 2. The van der Waals surface area contributed by atoms with Gasteiger partial charge in [0.25, 0.3) is 0 Å². The first-order valence-electron chi connectivity index (χ1n) is 9.04. The van der Waals surface area contributed by atoms with Crippen LogP contribution in [0.3, 0.4) is 0 Å². The number of oxazole rings is 1. The molecule has 0 radical (unpaired) electrons. The molecule has 0 atom stereocenters. The number of nitrogens with one attached hydrogen (secondary N) is 1. The quantitative estimate of drug-likeness (QED) is 0.628. The Labute approximate surface area is 158 Å². The zero-order chi connectivity index (χ0) is 19.4. The summed E-state index contributed by atoms with van der Waals surface area (Å²) in [5.74, 6) is 0.995. The topological polar surface area (TPSA) is 55.1 Å². The molecule has 0 bridgehead atoms. The molecule has 0 aliphatic carbocycles. The minimum absolute atomic E-state index is 0.0762. The summed E-state index contributed by atoms with van der Waals surface area (Å²) in [5.41, 5.74) is 3.81. The first-order valence-corrected chi connectivity index (χ1v) is 9.04. The van der Waals surface area contributed by atoms with E-state index in [2.05, 4.69) is 24.1 Å². The fourth-order valence-corrected chi connectivity index (χ4v) is 2.94. The molecule has 2 aromatic carbocycles. The molecule has 0 fully saturated rings. The normalized spacial score (nSPS) is 11.0. The Kier molecular flexibility index (Phi) is 5.69. The van der Waals surface area contributed by atoms with Crippen molar-refractivity contribution in [2.45, 2.75) is 39.5 Å². The Hall–Kier alpha value is -2.95. The molecule has 5 heteroatoms. The van der Waals surface area contributed by atoms with Crippen molar-refractivity contribution >= 4 is 11.6 Å². The van der Waals surface area contributed by atoms with E-state index in [4.69, 9.17) is 4.42 Å². The summed E-state index contributed by atoms with van der Waals surface area (Å²) in [6.07, 6.45) is 2.27. The van der Waals surface area contributed by atoms with E-state index < -0.39 is 0 Å². The highest BCUT2D eigenvalue weighted by atomic mass is 19.1. The summed E-state index contributed by atoms with van der Waals surface area (Å²) in [7, 11) is 0. The highest BCUT2D eigenvalue weighted by molar-refractivity contribution is 5.92. The van der Waals surface area contributed by atoms with Crippen molar-refractivity contribution in [3.8, 4) is 11.3 Å². The van der Waals surface area contributed by atoms with E-state index in [-0.39, 0.29) is 18.1 Å². The molecule has 1 N–H and O–H groups in total. The summed E-state index contributed by atoms with van der Waals surface area (Å²) in [4.78, 5) is 16.6. The van der Waals surface area contributed by atoms with Crippen LogP contribution in [0.4, 0.5) is 10.1 Å². The lowest BCUT2D eigenvalue weighted by Crippen LogP contribution is -2.15. The predicted molar refractivity (Wildman–Crippen MR) is 104 cm³/mol. The minimum Gasteiger partial charge on any atom is -0.441 e. The number of anilines is 1. The maximum atomic E-state index is 13.0. The molecule has 0 saturated carbocycles. The van der Waals surface area contributed by atoms with Gasteiger partial charge in [-0.05, 0) is 48.2 Å². The second-order valence-corrected chi connectivity index (χ2v) is 6.87. The van der Waals surface area contributed by atoms with Crippen LogP contribution in [0.1, 0.15) is 43.2 Å². The Morgan fingerprint density at radius 3 is 2.63 bits per heavy atom. The predicted octanol–water partition coefficient (Wildman–Crippen LogP) is 5.48. The van der Waals surface area contributed by atoms with Crippen molar-refractivity contribution in [3.05, 3.63) is 71.5 Å². The van der Waals surface area contributed by atoms with Crippen LogP contribution in [0.25, 0.3) is 11.3 Å². The zero-order valence-corrected chi connectivity index (χ0v) is 15.8. The van der Waals surface area contributed by atoms with Crippen molar-refractivity contribution in [2.24, 2.45) is 0 Å². The van der Waals surface area contributed by atoms with Gasteiger partial charge >= 0.3 is 0 Å². The molecule has 3 rings (SSSR count). The summed E-state index contributed by atoms with van der Waals surface area (Å²) in [5, 5.41) is 3.03. The van der Waals surface area contributed by atoms with E-state index >= 15 is 0 Å². The summed E-state index contributed by atoms with van der Waals surface area (Å²) in [6, 6.07) is 12.1. The average molecular weight is 366 g/mol. The van der Waals surface area contributed by atoms with Gasteiger partial charge in [-0.25, -0.2) is 9.37 Å². The summed E-state index contributed by atoms with van der Waals surface area (Å²) in [6.45, 7) is 6.20. The number of rotatable bonds is 6. The number of para-hydroxylation sites is 1. The van der Waals surface area contributed by atoms with Crippen molar-refractivity contribution in [2.75, 3.05) is 5.32 Å². The SMILES string of the molecule is Cc1cccc(C(C)C)c1NC(=O)CCc1ncc(-c2ccc(F)cc2)o1. The molecule has 1 aromatic heterocycles. The van der Waals surface area contributed by atoms with Gasteiger partial charge in [0.05, 0.1) is 6.20 Å². The molecule has 0 spiro atoms. The molecule has 27 heavy (non-hydrogen) atoms. The largest absolute Gasteiger partial charge is 0.441 e. The van der Waals surface area contributed by atoms with Gasteiger partial charge in [-0.2, -0.15) is 0 Å². The Morgan fingerprint density at radius 2 is 1.93 bits per heavy atom. The molecule has 1 amide bonds. The number of carbonyl (C=O) groups is 1. The fraction of sp³-hybridized carbons (Fsp3) is 0.273. The van der Waals surface area contributed by atoms with E-state index in [1.807, 2.05) is 25.1 Å². The number of nitrogens with zero attached hydrogens (tertiary/aromatic N) is 1. The Balaban J connectivity index is 1.63. The molecule has 1 heterocycles. The molecule has 0 saturated heterocycles. The second kappa shape index (κ2) is 8.16. The van der Waals surface area contributed by atoms with E-state index in [0.29, 0.717) is 24.0 Å². The van der Waals surface area contributed by atoms with Gasteiger partial charge in [0.15, 0.2) is 11.7 Å². The van der Waals surface area contributed by atoms with Crippen LogP contribution < -0.4 is 5.32 Å². The van der Waals surface area contributed by atoms with Gasteiger partial charge in [-0.3, -0.25) is 4.79 Å². The van der Waals surface area contributed by atoms with Crippen molar-refractivity contribution < 1.29 is 13.6 Å². The Bertz CT molecular complexity index is 930. The van der Waals surface area contributed by atoms with Gasteiger partial charge in [-0.1, -0.05) is 32.0 Å². The van der Waals surface area contributed by atoms with Gasteiger partial charge in [0.1, 0.15) is 5.82 Å². The first kappa shape index (κ1) is 18.8. The number of carbonyl (C=O) groups excluding carboxylic acids is 1. The first-order chi connectivity index (χ1) is 12.9. The number of hydrogen-bond donors (Lipinski definition) is 1. The second-order valence-electron chi connectivity index (χ2n) is 6.87. The number of amides is 1. The van der Waals surface area contributed by atoms with Gasteiger partial charge in [-0.15, -0.1) is 0 Å². The standard InChI is InChI=1S/C22H23FN2O2/c1-14(2)18-6-4-5-15(3)22(18)25-20(26)11-12-21-24-13-19(27-21)16-7-9-17(23)10-8-16/h4-10,13-14H,11-12H2,1-3H3,(H,25,26). The van der Waals surface area contributed by atoms with Gasteiger partial charge in [0.2, 0.25) is 5.91 Å². The lowest BCUT2D eigenvalue weighted by Gasteiger charge is -2.16. The third kappa shape index (κ3) is 4.61. The summed E-state index contributed by atoms with van der Waals surface area (Å²) >= 11 is 0. The van der Waals surface area contributed by atoms with Gasteiger partial charge < -0.3 is 9.73 Å². The van der Waals surface area contributed by atoms with E-state index in [9.17, 15) is 9.18 Å². The molecular formula is C22H23FN2O2. The smallest absolute Gasteiger partial charge is 0.224 e. The van der Waals surface area contributed by atoms with E-state index in [0.717, 1.165) is 22.4 Å². The monoisotopic (exact) mass is 366 g/mol. The third-order valence-electron chi connectivity index (χ3n) is 4.44. The van der Waals surface area contributed by atoms with E-state index in [1.54, 1.807) is 18.3 Å². The molecule has 140 valence electrons. The van der Waals surface area contributed by atoms with Crippen LogP contribution in [0.5, 0.6) is 0 Å². The lowest BCUT2D eigenvalue weighted by atomic mass is 9.98. The van der Waals surface area contributed by atoms with E-state index in [1.165, 1.54) is 12.1 Å². The van der Waals surface area contributed by atoms with Crippen LogP contribution in [0.2, 0.25) is 0 Å². The van der Waals surface area contributed by atoms with Crippen LogP contribution in [0, 0.1) is 12.7 Å². The van der Waals surface area contributed by atoms with Crippen LogP contribution in [-0.4, -0.2) is 10.9 Å². The number of aryl methyl sites for hydroxylation is 2. The molecular weight excluding hydrogens is 343 g/mol. The van der Waals surface area contributed by atoms with Crippen LogP contribution >= 0.6 is 0 Å². The van der Waals surface area contributed by atoms with Crippen molar-refractivity contribution in [1.82, 2.24) is 4.98 Å². The van der Waals surface area contributed by atoms with Crippen molar-refractivity contribution in [3.63, 3.8) is 0 Å². The van der Waals surface area contributed by atoms with Crippen molar-refractivity contribution in [1.29, 1.82) is 0 Å². The molecule has 4 nitrogen and oxygen atoms in total. The fourth-order valence-electron chi connectivity index (χ4n) is 2.94. The Morgan fingerprint density at radius 1 is 1.19 bits per heavy atom. The lowest BCUT2D eigenvalue weighted by molar-refractivity contribution is -0.116. The number of halogens is 1. The molecule has 0 unspecified atom stereocenters. The number of hydrogen-bond acceptors (Lipinski definition) is 3. The van der Waals surface area contributed by atoms with Gasteiger partial charge in [0, 0.05) is 24.1 Å². The zero-order valence-electron chi connectivity index (χ0n) is 15.8. The van der Waals surface area contributed by atoms with Crippen LogP contribution in [-0.2, 0) is 11.2 Å². The molecule has 0 aliphatic heterocycles. The highest BCUT2D eigenvalue weighted by Gasteiger charge is 2.13. The maximum Gasteiger partial charge on any atom is 0.224 e. The molecule has 0 aliphatic rings.